The van der Waals surface area contributed by atoms with Crippen LogP contribution in [0.5, 0.6) is 0 Å². The third kappa shape index (κ3) is 3.98. The van der Waals surface area contributed by atoms with E-state index in [2.05, 4.69) is 0 Å². The first-order valence-electron chi connectivity index (χ1n) is 5.52. The Hall–Kier alpha value is -1.13. The number of hydrogen-bond donors (Lipinski definition) is 1. The Labute approximate surface area is 105 Å². The Bertz CT molecular complexity index is 407. The highest BCUT2D eigenvalue weighted by Crippen LogP contribution is 2.25. The van der Waals surface area contributed by atoms with E-state index < -0.39 is 11.0 Å². The molecule has 1 aromatic carbocycles. The minimum Gasteiger partial charge on any atom is -0.393 e. The van der Waals surface area contributed by atoms with Gasteiger partial charge in [-0.3, -0.25) is 10.1 Å². The van der Waals surface area contributed by atoms with Gasteiger partial charge in [0, 0.05) is 16.7 Å². The van der Waals surface area contributed by atoms with E-state index in [4.69, 9.17) is 11.6 Å². The number of aliphatic hydroxyl groups is 1. The average Bonchev–Trinajstić information content (AvgIpc) is 2.26. The molecule has 17 heavy (non-hydrogen) atoms. The Kier molecular flexibility index (Phi) is 4.90. The van der Waals surface area contributed by atoms with Gasteiger partial charge in [-0.05, 0) is 24.8 Å². The van der Waals surface area contributed by atoms with Gasteiger partial charge in [0.1, 0.15) is 0 Å². The van der Waals surface area contributed by atoms with E-state index in [-0.39, 0.29) is 11.6 Å². The van der Waals surface area contributed by atoms with Crippen molar-refractivity contribution in [1.82, 2.24) is 0 Å². The molecule has 0 spiro atoms. The second-order valence-corrected chi connectivity index (χ2v) is 4.82. The molecular weight excluding hydrogens is 242 g/mol. The maximum Gasteiger partial charge on any atom is 0.274 e. The number of halogens is 1. The lowest BCUT2D eigenvalue weighted by atomic mass is 9.99. The molecule has 0 amide bonds. The van der Waals surface area contributed by atoms with Gasteiger partial charge in [0.15, 0.2) is 0 Å². The van der Waals surface area contributed by atoms with E-state index in [0.717, 1.165) is 0 Å². The summed E-state index contributed by atoms with van der Waals surface area (Å²) in [6.07, 6.45) is 0.553. The zero-order chi connectivity index (χ0) is 13.0. The maximum absolute atomic E-state index is 10.8. The molecule has 0 saturated carbocycles. The monoisotopic (exact) mass is 257 g/mol. The molecule has 0 bridgehead atoms. The van der Waals surface area contributed by atoms with E-state index in [9.17, 15) is 15.2 Å². The minimum atomic E-state index is -0.441. The predicted octanol–water partition coefficient (Wildman–Crippen LogP) is 3.20. The largest absolute Gasteiger partial charge is 0.393 e. The lowest BCUT2D eigenvalue weighted by Gasteiger charge is -2.13. The van der Waals surface area contributed by atoms with E-state index in [1.165, 1.54) is 6.07 Å². The Morgan fingerprint density at radius 2 is 2.12 bits per heavy atom. The first-order chi connectivity index (χ1) is 7.91. The molecule has 0 saturated heterocycles. The van der Waals surface area contributed by atoms with Crippen molar-refractivity contribution >= 4 is 17.3 Å². The summed E-state index contributed by atoms with van der Waals surface area (Å²) in [5, 5.41) is 20.9. The molecule has 0 heterocycles. The van der Waals surface area contributed by atoms with Crippen LogP contribution < -0.4 is 0 Å². The molecule has 0 aromatic heterocycles. The molecule has 1 aromatic rings. The highest BCUT2D eigenvalue weighted by molar-refractivity contribution is 6.30. The van der Waals surface area contributed by atoms with Crippen molar-refractivity contribution in [2.24, 2.45) is 5.92 Å². The molecular formula is C12H16ClNO3. The van der Waals surface area contributed by atoms with Crippen molar-refractivity contribution in [1.29, 1.82) is 0 Å². The molecule has 1 atom stereocenters. The van der Waals surface area contributed by atoms with Crippen LogP contribution in [0.3, 0.4) is 0 Å². The van der Waals surface area contributed by atoms with Crippen LogP contribution in [0.4, 0.5) is 5.69 Å². The summed E-state index contributed by atoms with van der Waals surface area (Å²) in [4.78, 5) is 10.4. The molecule has 0 fully saturated rings. The van der Waals surface area contributed by atoms with Crippen LogP contribution in [0.15, 0.2) is 18.2 Å². The fourth-order valence-electron chi connectivity index (χ4n) is 1.56. The number of nitro groups is 1. The van der Waals surface area contributed by atoms with Crippen molar-refractivity contribution in [2.75, 3.05) is 0 Å². The Balaban J connectivity index is 2.80. The first kappa shape index (κ1) is 13.9. The molecule has 0 aliphatic rings. The van der Waals surface area contributed by atoms with Gasteiger partial charge in [0.2, 0.25) is 0 Å². The third-order valence-corrected chi connectivity index (χ3v) is 2.96. The lowest BCUT2D eigenvalue weighted by molar-refractivity contribution is -0.385. The van der Waals surface area contributed by atoms with Crippen LogP contribution in [-0.4, -0.2) is 16.1 Å². The SMILES string of the molecule is CC(C)C(O)CCc1ccc(Cl)cc1[N+](=O)[O-]. The van der Waals surface area contributed by atoms with Crippen LogP contribution in [0.2, 0.25) is 5.02 Å². The van der Waals surface area contributed by atoms with Gasteiger partial charge in [0.25, 0.3) is 5.69 Å². The van der Waals surface area contributed by atoms with Gasteiger partial charge >= 0.3 is 0 Å². The average molecular weight is 258 g/mol. The van der Waals surface area contributed by atoms with Crippen molar-refractivity contribution < 1.29 is 10.0 Å². The highest BCUT2D eigenvalue weighted by Gasteiger charge is 2.16. The lowest BCUT2D eigenvalue weighted by Crippen LogP contribution is -2.15. The molecule has 0 aliphatic carbocycles. The van der Waals surface area contributed by atoms with Gasteiger partial charge < -0.3 is 5.11 Å². The van der Waals surface area contributed by atoms with Crippen LogP contribution in [0.25, 0.3) is 0 Å². The third-order valence-electron chi connectivity index (χ3n) is 2.72. The zero-order valence-electron chi connectivity index (χ0n) is 9.89. The fourth-order valence-corrected chi connectivity index (χ4v) is 1.72. The maximum atomic E-state index is 10.8. The number of nitro benzene ring substituents is 1. The van der Waals surface area contributed by atoms with Gasteiger partial charge in [-0.15, -0.1) is 0 Å². The predicted molar refractivity (Wildman–Crippen MR) is 67.3 cm³/mol. The number of benzene rings is 1. The Morgan fingerprint density at radius 3 is 2.65 bits per heavy atom. The summed E-state index contributed by atoms with van der Waals surface area (Å²) < 4.78 is 0. The van der Waals surface area contributed by atoms with Gasteiger partial charge in [-0.25, -0.2) is 0 Å². The van der Waals surface area contributed by atoms with Crippen LogP contribution in [0, 0.1) is 16.0 Å². The molecule has 0 radical (unpaired) electrons. The standard InChI is InChI=1S/C12H16ClNO3/c1-8(2)12(15)6-4-9-3-5-10(13)7-11(9)14(16)17/h3,5,7-8,12,15H,4,6H2,1-2H3. The van der Waals surface area contributed by atoms with Crippen molar-refractivity contribution in [2.45, 2.75) is 32.8 Å². The quantitative estimate of drug-likeness (QED) is 0.651. The molecule has 5 heteroatoms. The summed E-state index contributed by atoms with van der Waals surface area (Å²) in [6.45, 7) is 3.84. The molecule has 1 N–H and O–H groups in total. The van der Waals surface area contributed by atoms with Crippen molar-refractivity contribution in [3.63, 3.8) is 0 Å². The van der Waals surface area contributed by atoms with E-state index in [1.807, 2.05) is 13.8 Å². The number of hydrogen-bond acceptors (Lipinski definition) is 3. The van der Waals surface area contributed by atoms with Gasteiger partial charge in [0.05, 0.1) is 11.0 Å². The summed E-state index contributed by atoms with van der Waals surface area (Å²) in [5.41, 5.74) is 0.632. The number of aliphatic hydroxyl groups excluding tert-OH is 1. The number of rotatable bonds is 5. The Morgan fingerprint density at radius 1 is 1.47 bits per heavy atom. The smallest absolute Gasteiger partial charge is 0.274 e. The summed E-state index contributed by atoms with van der Waals surface area (Å²) >= 11 is 5.72. The molecule has 0 aliphatic heterocycles. The summed E-state index contributed by atoms with van der Waals surface area (Å²) in [6, 6.07) is 4.62. The van der Waals surface area contributed by atoms with E-state index >= 15 is 0 Å². The van der Waals surface area contributed by atoms with Crippen molar-refractivity contribution in [3.05, 3.63) is 38.9 Å². The molecule has 4 nitrogen and oxygen atoms in total. The van der Waals surface area contributed by atoms with E-state index in [0.29, 0.717) is 23.4 Å². The minimum absolute atomic E-state index is 0.0217. The topological polar surface area (TPSA) is 63.4 Å². The van der Waals surface area contributed by atoms with Gasteiger partial charge in [-0.1, -0.05) is 31.5 Å². The number of nitrogens with zero attached hydrogens (tertiary/aromatic N) is 1. The van der Waals surface area contributed by atoms with Crippen LogP contribution in [-0.2, 0) is 6.42 Å². The number of aryl methyl sites for hydroxylation is 1. The molecule has 94 valence electrons. The normalized spacial score (nSPS) is 12.8. The highest BCUT2D eigenvalue weighted by atomic mass is 35.5. The van der Waals surface area contributed by atoms with Crippen molar-refractivity contribution in [3.8, 4) is 0 Å². The second kappa shape index (κ2) is 5.98. The van der Waals surface area contributed by atoms with Crippen LogP contribution >= 0.6 is 11.6 Å². The first-order valence-corrected chi connectivity index (χ1v) is 5.90. The summed E-state index contributed by atoms with van der Waals surface area (Å²) in [5.74, 6) is 0.154. The molecule has 1 rings (SSSR count). The molecule has 1 unspecified atom stereocenters. The summed E-state index contributed by atoms with van der Waals surface area (Å²) in [7, 11) is 0. The van der Waals surface area contributed by atoms with E-state index in [1.54, 1.807) is 12.1 Å². The second-order valence-electron chi connectivity index (χ2n) is 4.38. The fraction of sp³-hybridized carbons (Fsp3) is 0.500. The zero-order valence-corrected chi connectivity index (χ0v) is 10.6. The van der Waals surface area contributed by atoms with Gasteiger partial charge in [-0.2, -0.15) is 0 Å². The van der Waals surface area contributed by atoms with Crippen LogP contribution in [0.1, 0.15) is 25.8 Å².